The molecule has 194 valence electrons. The van der Waals surface area contributed by atoms with Gasteiger partial charge in [-0.15, -0.1) is 0 Å². The first-order chi connectivity index (χ1) is 17.6. The lowest BCUT2D eigenvalue weighted by Crippen LogP contribution is -2.71. The fourth-order valence-corrected chi connectivity index (χ4v) is 5.51. The SMILES string of the molecule is CC(=O)N[C@](c1ccc(F)c(F)c1)(c1ccc(CN2CC3(C2)CN(c2cncc(Cl)c2)C3)cn1)C(F)F. The molecule has 1 atom stereocenters. The van der Waals surface area contributed by atoms with Crippen LogP contribution in [0.4, 0.5) is 23.2 Å². The van der Waals surface area contributed by atoms with Crippen molar-refractivity contribution in [1.82, 2.24) is 20.2 Å². The zero-order valence-corrected chi connectivity index (χ0v) is 20.7. The Morgan fingerprint density at radius 3 is 2.43 bits per heavy atom. The van der Waals surface area contributed by atoms with Crippen LogP contribution in [-0.2, 0) is 16.9 Å². The molecule has 0 bridgehead atoms. The Kier molecular flexibility index (Phi) is 6.57. The molecule has 5 rings (SSSR count). The summed E-state index contributed by atoms with van der Waals surface area (Å²) in [5, 5.41) is 2.83. The van der Waals surface area contributed by atoms with Crippen molar-refractivity contribution in [2.75, 3.05) is 31.1 Å². The van der Waals surface area contributed by atoms with Gasteiger partial charge in [-0.3, -0.25) is 19.7 Å². The molecule has 0 saturated carbocycles. The summed E-state index contributed by atoms with van der Waals surface area (Å²) in [5.41, 5.74) is -0.879. The van der Waals surface area contributed by atoms with Crippen molar-refractivity contribution >= 4 is 23.2 Å². The number of alkyl halides is 2. The third-order valence-corrected chi connectivity index (χ3v) is 7.14. The van der Waals surface area contributed by atoms with Crippen LogP contribution >= 0.6 is 11.6 Å². The molecule has 0 radical (unpaired) electrons. The molecule has 2 aliphatic rings. The van der Waals surface area contributed by atoms with Gasteiger partial charge in [-0.05, 0) is 35.4 Å². The summed E-state index contributed by atoms with van der Waals surface area (Å²) in [6, 6.07) is 7.39. The van der Waals surface area contributed by atoms with Crippen molar-refractivity contribution in [2.45, 2.75) is 25.4 Å². The van der Waals surface area contributed by atoms with Gasteiger partial charge in [0.2, 0.25) is 5.91 Å². The first-order valence-electron chi connectivity index (χ1n) is 11.7. The highest BCUT2D eigenvalue weighted by atomic mass is 35.5. The van der Waals surface area contributed by atoms with Crippen molar-refractivity contribution in [3.05, 3.63) is 88.5 Å². The lowest BCUT2D eigenvalue weighted by molar-refractivity contribution is -0.122. The molecule has 2 aromatic heterocycles. The lowest BCUT2D eigenvalue weighted by atomic mass is 9.72. The van der Waals surface area contributed by atoms with E-state index in [1.54, 1.807) is 18.5 Å². The highest BCUT2D eigenvalue weighted by molar-refractivity contribution is 6.30. The van der Waals surface area contributed by atoms with Gasteiger partial charge in [0.1, 0.15) is 0 Å². The van der Waals surface area contributed by atoms with Crippen molar-refractivity contribution in [1.29, 1.82) is 0 Å². The average molecular weight is 534 g/mol. The summed E-state index contributed by atoms with van der Waals surface area (Å²) < 4.78 is 56.4. The number of nitrogens with one attached hydrogen (secondary N) is 1. The summed E-state index contributed by atoms with van der Waals surface area (Å²) in [7, 11) is 0. The van der Waals surface area contributed by atoms with E-state index >= 15 is 0 Å². The van der Waals surface area contributed by atoms with Crippen LogP contribution in [0.25, 0.3) is 0 Å². The number of likely N-dealkylation sites (tertiary alicyclic amines) is 1. The van der Waals surface area contributed by atoms with E-state index < -0.39 is 29.5 Å². The molecular weight excluding hydrogens is 510 g/mol. The van der Waals surface area contributed by atoms with Crippen molar-refractivity contribution in [3.8, 4) is 0 Å². The van der Waals surface area contributed by atoms with Crippen LogP contribution < -0.4 is 10.2 Å². The molecule has 11 heteroatoms. The summed E-state index contributed by atoms with van der Waals surface area (Å²) in [5.74, 6) is -3.23. The minimum atomic E-state index is -3.17. The van der Waals surface area contributed by atoms with Crippen LogP contribution in [0.15, 0.2) is 55.0 Å². The van der Waals surface area contributed by atoms with E-state index in [0.29, 0.717) is 17.6 Å². The third kappa shape index (κ3) is 4.75. The lowest BCUT2D eigenvalue weighted by Gasteiger charge is -2.61. The molecule has 1 amide bonds. The number of halogens is 5. The van der Waals surface area contributed by atoms with E-state index in [9.17, 15) is 22.4 Å². The standard InChI is InChI=1S/C26H24ClF4N5O/c1-16(37)34-26(24(30)31,18-3-4-21(28)22(29)6-18)23-5-2-17(8-33-23)11-35-12-25(13-35)14-36(15-25)20-7-19(27)9-32-10-20/h2-10,24H,11-15H2,1H3,(H,34,37)/t26-/m1/s1. The predicted octanol–water partition coefficient (Wildman–Crippen LogP) is 4.38. The fourth-order valence-electron chi connectivity index (χ4n) is 5.34. The molecule has 1 spiro atoms. The molecule has 0 aliphatic carbocycles. The normalized spacial score (nSPS) is 18.3. The molecule has 6 nitrogen and oxygen atoms in total. The predicted molar refractivity (Wildman–Crippen MR) is 130 cm³/mol. The van der Waals surface area contributed by atoms with Gasteiger partial charge in [0, 0.05) is 57.5 Å². The molecule has 1 N–H and O–H groups in total. The van der Waals surface area contributed by atoms with Gasteiger partial charge >= 0.3 is 0 Å². The number of aromatic nitrogens is 2. The van der Waals surface area contributed by atoms with E-state index in [-0.39, 0.29) is 16.7 Å². The van der Waals surface area contributed by atoms with Crippen molar-refractivity contribution in [3.63, 3.8) is 0 Å². The third-order valence-electron chi connectivity index (χ3n) is 6.94. The van der Waals surface area contributed by atoms with Crippen LogP contribution in [-0.4, -0.2) is 53.4 Å². The molecule has 4 heterocycles. The summed E-state index contributed by atoms with van der Waals surface area (Å²) >= 11 is 6.03. The van der Waals surface area contributed by atoms with Crippen molar-refractivity contribution in [2.24, 2.45) is 5.41 Å². The first-order valence-corrected chi connectivity index (χ1v) is 12.0. The number of benzene rings is 1. The van der Waals surface area contributed by atoms with Crippen molar-refractivity contribution < 1.29 is 22.4 Å². The molecular formula is C26H24ClF4N5O. The van der Waals surface area contributed by atoms with Crippen LogP contribution in [0, 0.1) is 17.0 Å². The number of hydrogen-bond donors (Lipinski definition) is 1. The van der Waals surface area contributed by atoms with E-state index in [2.05, 4.69) is 25.1 Å². The smallest absolute Gasteiger partial charge is 0.271 e. The number of amides is 1. The Morgan fingerprint density at radius 1 is 1.08 bits per heavy atom. The highest BCUT2D eigenvalue weighted by Gasteiger charge is 2.51. The van der Waals surface area contributed by atoms with Crippen LogP contribution in [0.1, 0.15) is 23.7 Å². The Labute approximate surface area is 216 Å². The van der Waals surface area contributed by atoms with Crippen LogP contribution in [0.3, 0.4) is 0 Å². The number of carbonyl (C=O) groups is 1. The minimum Gasteiger partial charge on any atom is -0.369 e. The second-order valence-electron chi connectivity index (χ2n) is 9.83. The second kappa shape index (κ2) is 9.57. The minimum absolute atomic E-state index is 0.169. The highest BCUT2D eigenvalue weighted by Crippen LogP contribution is 2.42. The van der Waals surface area contributed by atoms with Gasteiger partial charge in [-0.25, -0.2) is 17.6 Å². The van der Waals surface area contributed by atoms with Gasteiger partial charge in [0.05, 0.1) is 22.6 Å². The topological polar surface area (TPSA) is 61.4 Å². The van der Waals surface area contributed by atoms with E-state index in [1.165, 1.54) is 12.3 Å². The first kappa shape index (κ1) is 25.4. The number of anilines is 1. The molecule has 2 saturated heterocycles. The number of nitrogens with zero attached hydrogens (tertiary/aromatic N) is 4. The summed E-state index contributed by atoms with van der Waals surface area (Å²) in [6.45, 7) is 5.26. The van der Waals surface area contributed by atoms with Gasteiger partial charge in [0.15, 0.2) is 17.2 Å². The molecule has 3 aromatic rings. The molecule has 1 aromatic carbocycles. The number of hydrogen-bond acceptors (Lipinski definition) is 5. The molecule has 0 unspecified atom stereocenters. The number of rotatable bonds is 7. The largest absolute Gasteiger partial charge is 0.369 e. The average Bonchev–Trinajstić information content (AvgIpc) is 2.80. The molecule has 2 fully saturated rings. The summed E-state index contributed by atoms with van der Waals surface area (Å²) in [6.07, 6.45) is 1.70. The quantitative estimate of drug-likeness (QED) is 0.457. The van der Waals surface area contributed by atoms with Crippen LogP contribution in [0.2, 0.25) is 5.02 Å². The number of pyridine rings is 2. The van der Waals surface area contributed by atoms with Gasteiger partial charge < -0.3 is 10.2 Å². The van der Waals surface area contributed by atoms with E-state index in [0.717, 1.165) is 56.5 Å². The maximum Gasteiger partial charge on any atom is 0.271 e. The van der Waals surface area contributed by atoms with Gasteiger partial charge in [-0.2, -0.15) is 0 Å². The van der Waals surface area contributed by atoms with Gasteiger partial charge in [-0.1, -0.05) is 23.7 Å². The fraction of sp³-hybridized carbons (Fsp3) is 0.346. The maximum atomic E-state index is 14.5. The second-order valence-corrected chi connectivity index (χ2v) is 10.3. The Balaban J connectivity index is 1.28. The Morgan fingerprint density at radius 2 is 1.84 bits per heavy atom. The Bertz CT molecular complexity index is 1310. The zero-order valence-electron chi connectivity index (χ0n) is 19.9. The van der Waals surface area contributed by atoms with Gasteiger partial charge in [0.25, 0.3) is 6.43 Å². The number of carbonyl (C=O) groups excluding carboxylic acids is 1. The monoisotopic (exact) mass is 533 g/mol. The molecule has 37 heavy (non-hydrogen) atoms. The summed E-state index contributed by atoms with van der Waals surface area (Å²) in [4.78, 5) is 24.7. The zero-order chi connectivity index (χ0) is 26.4. The maximum absolute atomic E-state index is 14.5. The van der Waals surface area contributed by atoms with Crippen LogP contribution in [0.5, 0.6) is 0 Å². The molecule has 2 aliphatic heterocycles. The Hall–Kier alpha value is -3.24. The van der Waals surface area contributed by atoms with E-state index in [1.807, 2.05) is 6.07 Å². The van der Waals surface area contributed by atoms with E-state index in [4.69, 9.17) is 11.6 Å².